The lowest BCUT2D eigenvalue weighted by Crippen LogP contribution is -2.15. The van der Waals surface area contributed by atoms with Crippen LogP contribution in [0.2, 0.25) is 5.02 Å². The monoisotopic (exact) mass is 494 g/mol. The zero-order valence-electron chi connectivity index (χ0n) is 14.1. The lowest BCUT2D eigenvalue weighted by Gasteiger charge is -2.13. The minimum Gasteiger partial charge on any atom is -0.337 e. The van der Waals surface area contributed by atoms with Crippen LogP contribution < -0.4 is 10.0 Å². The van der Waals surface area contributed by atoms with Gasteiger partial charge in [0.25, 0.3) is 10.0 Å². The predicted molar refractivity (Wildman–Crippen MR) is 117 cm³/mol. The first kappa shape index (κ1) is 19.1. The van der Waals surface area contributed by atoms with Crippen molar-refractivity contribution in [3.63, 3.8) is 0 Å². The van der Waals surface area contributed by atoms with Gasteiger partial charge in [-0.25, -0.2) is 18.4 Å². The highest BCUT2D eigenvalue weighted by atomic mass is 79.9. The van der Waals surface area contributed by atoms with E-state index in [1.54, 1.807) is 42.5 Å². The van der Waals surface area contributed by atoms with E-state index < -0.39 is 10.0 Å². The number of hydrogen-bond donors (Lipinski definition) is 2. The summed E-state index contributed by atoms with van der Waals surface area (Å²) in [5, 5.41) is 3.64. The number of aromatic nitrogens is 2. The van der Waals surface area contributed by atoms with Crippen LogP contribution in [0.3, 0.4) is 0 Å². The SMILES string of the molecule is O=S(=O)(Nc1nc2ccccc2nc1Nc1cccc(Cl)c1)c1ccc(Br)s1. The van der Waals surface area contributed by atoms with E-state index in [0.29, 0.717) is 21.7 Å². The van der Waals surface area contributed by atoms with Gasteiger partial charge in [-0.2, -0.15) is 0 Å². The highest BCUT2D eigenvalue weighted by Crippen LogP contribution is 2.31. The van der Waals surface area contributed by atoms with Gasteiger partial charge in [0, 0.05) is 10.7 Å². The molecule has 0 radical (unpaired) electrons. The van der Waals surface area contributed by atoms with Crippen LogP contribution >= 0.6 is 38.9 Å². The lowest BCUT2D eigenvalue weighted by molar-refractivity contribution is 0.603. The Hall–Kier alpha value is -2.20. The van der Waals surface area contributed by atoms with Gasteiger partial charge in [-0.15, -0.1) is 11.3 Å². The molecule has 0 spiro atoms. The molecule has 2 heterocycles. The fourth-order valence-corrected chi connectivity index (χ4v) is 5.69. The largest absolute Gasteiger partial charge is 0.337 e. The number of nitrogens with one attached hydrogen (secondary N) is 2. The van der Waals surface area contributed by atoms with E-state index in [0.717, 1.165) is 15.1 Å². The number of thiophene rings is 1. The number of para-hydroxylation sites is 2. The summed E-state index contributed by atoms with van der Waals surface area (Å²) in [5.74, 6) is 0.378. The van der Waals surface area contributed by atoms with E-state index in [1.807, 2.05) is 12.1 Å². The first-order valence-electron chi connectivity index (χ1n) is 7.98. The van der Waals surface area contributed by atoms with Crippen molar-refractivity contribution in [2.24, 2.45) is 0 Å². The second kappa shape index (κ2) is 7.67. The average molecular weight is 496 g/mol. The maximum absolute atomic E-state index is 12.8. The van der Waals surface area contributed by atoms with Crippen molar-refractivity contribution in [3.05, 3.63) is 69.5 Å². The minimum atomic E-state index is -3.81. The normalized spacial score (nSPS) is 11.5. The van der Waals surface area contributed by atoms with Gasteiger partial charge in [0.2, 0.25) is 0 Å². The van der Waals surface area contributed by atoms with Crippen molar-refractivity contribution in [3.8, 4) is 0 Å². The van der Waals surface area contributed by atoms with Gasteiger partial charge in [0.15, 0.2) is 11.6 Å². The summed E-state index contributed by atoms with van der Waals surface area (Å²) in [5.41, 5.74) is 1.87. The molecule has 4 aromatic rings. The lowest BCUT2D eigenvalue weighted by atomic mass is 10.3. The van der Waals surface area contributed by atoms with E-state index in [2.05, 4.69) is 35.9 Å². The van der Waals surface area contributed by atoms with Crippen LogP contribution in [0.1, 0.15) is 0 Å². The predicted octanol–water partition coefficient (Wildman–Crippen LogP) is 5.65. The van der Waals surface area contributed by atoms with Gasteiger partial charge < -0.3 is 5.32 Å². The van der Waals surface area contributed by atoms with E-state index in [4.69, 9.17) is 11.6 Å². The molecule has 0 saturated heterocycles. The number of sulfonamides is 1. The van der Waals surface area contributed by atoms with Crippen LogP contribution in [0.25, 0.3) is 11.0 Å². The number of benzene rings is 2. The zero-order chi connectivity index (χ0) is 19.7. The van der Waals surface area contributed by atoms with Crippen molar-refractivity contribution >= 4 is 77.2 Å². The zero-order valence-corrected chi connectivity index (χ0v) is 18.0. The average Bonchev–Trinajstić information content (AvgIpc) is 3.09. The fraction of sp³-hybridized carbons (Fsp3) is 0. The Balaban J connectivity index is 1.79. The second-order valence-corrected chi connectivity index (χ2v) is 10.5. The summed E-state index contributed by atoms with van der Waals surface area (Å²) in [4.78, 5) is 8.99. The van der Waals surface area contributed by atoms with Crippen LogP contribution in [0.15, 0.2) is 68.7 Å². The summed E-state index contributed by atoms with van der Waals surface area (Å²) in [6.45, 7) is 0. The van der Waals surface area contributed by atoms with Crippen molar-refractivity contribution in [2.45, 2.75) is 4.21 Å². The molecule has 0 aliphatic heterocycles. The van der Waals surface area contributed by atoms with Gasteiger partial charge >= 0.3 is 0 Å². The summed E-state index contributed by atoms with van der Waals surface area (Å²) < 4.78 is 29.0. The summed E-state index contributed by atoms with van der Waals surface area (Å²) in [6.07, 6.45) is 0. The van der Waals surface area contributed by atoms with Crippen LogP contribution in [0, 0.1) is 0 Å². The molecule has 0 fully saturated rings. The molecule has 2 aromatic carbocycles. The number of anilines is 3. The van der Waals surface area contributed by atoms with Crippen LogP contribution in [0.5, 0.6) is 0 Å². The molecule has 6 nitrogen and oxygen atoms in total. The maximum Gasteiger partial charge on any atom is 0.272 e. The number of halogens is 2. The van der Waals surface area contributed by atoms with E-state index in [1.165, 1.54) is 6.07 Å². The Bertz CT molecular complexity index is 1280. The molecule has 2 aromatic heterocycles. The number of fused-ring (bicyclic) bond motifs is 1. The third kappa shape index (κ3) is 4.12. The van der Waals surface area contributed by atoms with Crippen molar-refractivity contribution < 1.29 is 8.42 Å². The molecule has 0 aliphatic carbocycles. The first-order chi connectivity index (χ1) is 13.4. The molecule has 0 amide bonds. The topological polar surface area (TPSA) is 84.0 Å². The second-order valence-electron chi connectivity index (χ2n) is 5.71. The number of nitrogens with zero attached hydrogens (tertiary/aromatic N) is 2. The molecule has 2 N–H and O–H groups in total. The molecule has 0 saturated carbocycles. The van der Waals surface area contributed by atoms with Crippen LogP contribution in [0.4, 0.5) is 17.3 Å². The standard InChI is InChI=1S/C18H12BrClN4O2S2/c19-15-8-9-16(27-15)28(25,26)24-18-17(21-12-5-3-4-11(20)10-12)22-13-6-1-2-7-14(13)23-18/h1-10H,(H,21,22)(H,23,24). The van der Waals surface area contributed by atoms with Gasteiger partial charge in [-0.05, 0) is 58.4 Å². The summed E-state index contributed by atoms with van der Waals surface area (Å²) >= 11 is 10.4. The quantitative estimate of drug-likeness (QED) is 0.374. The Morgan fingerprint density at radius 3 is 2.29 bits per heavy atom. The van der Waals surface area contributed by atoms with Gasteiger partial charge in [0.1, 0.15) is 4.21 Å². The molecule has 4 rings (SSSR count). The molecule has 0 atom stereocenters. The van der Waals surface area contributed by atoms with Gasteiger partial charge in [-0.1, -0.05) is 29.8 Å². The fourth-order valence-electron chi connectivity index (χ4n) is 2.48. The maximum atomic E-state index is 12.8. The van der Waals surface area contributed by atoms with Gasteiger partial charge in [-0.3, -0.25) is 4.72 Å². The highest BCUT2D eigenvalue weighted by molar-refractivity contribution is 9.11. The molecule has 0 bridgehead atoms. The smallest absolute Gasteiger partial charge is 0.272 e. The Morgan fingerprint density at radius 1 is 0.929 bits per heavy atom. The first-order valence-corrected chi connectivity index (χ1v) is 11.5. The van der Waals surface area contributed by atoms with E-state index >= 15 is 0 Å². The highest BCUT2D eigenvalue weighted by Gasteiger charge is 2.20. The summed E-state index contributed by atoms with van der Waals surface area (Å²) in [6, 6.07) is 17.5. The molecular formula is C18H12BrClN4O2S2. The van der Waals surface area contributed by atoms with E-state index in [-0.39, 0.29) is 15.8 Å². The number of rotatable bonds is 5. The van der Waals surface area contributed by atoms with Crippen LogP contribution in [-0.4, -0.2) is 18.4 Å². The molecular weight excluding hydrogens is 484 g/mol. The minimum absolute atomic E-state index is 0.100. The third-order valence-corrected chi connectivity index (χ3v) is 7.39. The Kier molecular flexibility index (Phi) is 5.24. The molecule has 0 unspecified atom stereocenters. The van der Waals surface area contributed by atoms with Crippen LogP contribution in [-0.2, 0) is 10.0 Å². The molecule has 10 heteroatoms. The summed E-state index contributed by atoms with van der Waals surface area (Å²) in [7, 11) is -3.81. The van der Waals surface area contributed by atoms with Crippen molar-refractivity contribution in [1.82, 2.24) is 9.97 Å². The molecule has 142 valence electrons. The number of hydrogen-bond acceptors (Lipinski definition) is 6. The van der Waals surface area contributed by atoms with E-state index in [9.17, 15) is 8.42 Å². The molecule has 28 heavy (non-hydrogen) atoms. The van der Waals surface area contributed by atoms with Crippen molar-refractivity contribution in [1.29, 1.82) is 0 Å². The Labute approximate surface area is 178 Å². The molecule has 0 aliphatic rings. The third-order valence-electron chi connectivity index (χ3n) is 3.70. The Morgan fingerprint density at radius 2 is 1.64 bits per heavy atom. The van der Waals surface area contributed by atoms with Crippen molar-refractivity contribution in [2.75, 3.05) is 10.0 Å². The van der Waals surface area contributed by atoms with Gasteiger partial charge in [0.05, 0.1) is 14.8 Å².